The molecule has 0 aliphatic carbocycles. The highest BCUT2D eigenvalue weighted by Crippen LogP contribution is 2.23. The molecule has 1 fully saturated rings. The molecule has 0 radical (unpaired) electrons. The van der Waals surface area contributed by atoms with E-state index in [0.29, 0.717) is 12.3 Å². The number of rotatable bonds is 4. The number of hydrogen-bond acceptors (Lipinski definition) is 3. The number of hydrogen-bond donors (Lipinski definition) is 2. The molecule has 2 aliphatic rings. The topological polar surface area (TPSA) is 61.4 Å². The lowest BCUT2D eigenvalue weighted by Gasteiger charge is -2.25. The van der Waals surface area contributed by atoms with E-state index in [4.69, 9.17) is 0 Å². The van der Waals surface area contributed by atoms with Crippen LogP contribution in [0, 0.1) is 5.92 Å². The maximum absolute atomic E-state index is 12.2. The quantitative estimate of drug-likeness (QED) is 0.894. The molecule has 0 unspecified atom stereocenters. The number of anilines is 1. The monoisotopic (exact) mass is 315 g/mol. The second kappa shape index (κ2) is 7.13. The number of nitrogens with zero attached hydrogens (tertiary/aromatic N) is 1. The third-order valence-corrected chi connectivity index (χ3v) is 4.93. The van der Waals surface area contributed by atoms with Crippen LogP contribution >= 0.6 is 0 Å². The number of benzene rings is 1. The van der Waals surface area contributed by atoms with Gasteiger partial charge in [0.2, 0.25) is 5.91 Å². The van der Waals surface area contributed by atoms with Crippen LogP contribution in [-0.2, 0) is 11.2 Å². The Morgan fingerprint density at radius 3 is 2.91 bits per heavy atom. The summed E-state index contributed by atoms with van der Waals surface area (Å²) in [6, 6.07) is 5.68. The first-order valence-corrected chi connectivity index (χ1v) is 8.52. The summed E-state index contributed by atoms with van der Waals surface area (Å²) in [5, 5.41) is 6.28. The maximum atomic E-state index is 12.2. The van der Waals surface area contributed by atoms with E-state index in [1.54, 1.807) is 4.90 Å². The van der Waals surface area contributed by atoms with Crippen LogP contribution in [-0.4, -0.2) is 43.4 Å². The second-order valence-electron chi connectivity index (χ2n) is 6.63. The minimum atomic E-state index is 0.0389. The molecule has 2 aliphatic heterocycles. The lowest BCUT2D eigenvalue weighted by atomic mass is 9.93. The van der Waals surface area contributed by atoms with E-state index in [9.17, 15) is 9.59 Å². The van der Waals surface area contributed by atoms with Crippen molar-refractivity contribution in [3.8, 4) is 0 Å². The molecule has 1 saturated heterocycles. The molecule has 2 N–H and O–H groups in total. The van der Waals surface area contributed by atoms with E-state index in [1.807, 2.05) is 25.2 Å². The van der Waals surface area contributed by atoms with Gasteiger partial charge in [-0.25, -0.2) is 0 Å². The predicted octanol–water partition coefficient (Wildman–Crippen LogP) is 2.03. The molecular weight excluding hydrogens is 290 g/mol. The van der Waals surface area contributed by atoms with E-state index in [-0.39, 0.29) is 11.8 Å². The summed E-state index contributed by atoms with van der Waals surface area (Å²) in [6.45, 7) is 2.88. The van der Waals surface area contributed by atoms with Crippen LogP contribution in [0.4, 0.5) is 5.69 Å². The SMILES string of the molecule is CN1CCc2ccc(NC(=O)CCC3CCNCC3)cc2C1=O. The molecule has 124 valence electrons. The van der Waals surface area contributed by atoms with Crippen molar-refractivity contribution < 1.29 is 9.59 Å². The molecule has 0 atom stereocenters. The molecule has 0 spiro atoms. The third-order valence-electron chi connectivity index (χ3n) is 4.93. The molecule has 3 rings (SSSR count). The number of nitrogens with one attached hydrogen (secondary N) is 2. The Balaban J connectivity index is 1.57. The highest BCUT2D eigenvalue weighted by Gasteiger charge is 2.22. The summed E-state index contributed by atoms with van der Waals surface area (Å²) in [6.07, 6.45) is 4.69. The fourth-order valence-corrected chi connectivity index (χ4v) is 3.40. The van der Waals surface area contributed by atoms with Crippen molar-refractivity contribution in [2.75, 3.05) is 32.0 Å². The fourth-order valence-electron chi connectivity index (χ4n) is 3.40. The molecule has 5 nitrogen and oxygen atoms in total. The minimum Gasteiger partial charge on any atom is -0.341 e. The predicted molar refractivity (Wildman–Crippen MR) is 90.6 cm³/mol. The zero-order valence-electron chi connectivity index (χ0n) is 13.7. The van der Waals surface area contributed by atoms with Crippen molar-refractivity contribution in [3.63, 3.8) is 0 Å². The summed E-state index contributed by atoms with van der Waals surface area (Å²) >= 11 is 0. The van der Waals surface area contributed by atoms with E-state index in [0.717, 1.165) is 62.1 Å². The van der Waals surface area contributed by atoms with Gasteiger partial charge < -0.3 is 15.5 Å². The normalized spacial score (nSPS) is 18.7. The number of piperidine rings is 1. The van der Waals surface area contributed by atoms with Crippen LogP contribution < -0.4 is 10.6 Å². The molecule has 2 amide bonds. The Morgan fingerprint density at radius 2 is 2.13 bits per heavy atom. The fraction of sp³-hybridized carbons (Fsp3) is 0.556. The molecule has 2 heterocycles. The third kappa shape index (κ3) is 3.91. The zero-order chi connectivity index (χ0) is 16.2. The molecule has 0 bridgehead atoms. The highest BCUT2D eigenvalue weighted by molar-refractivity contribution is 5.99. The molecule has 0 aromatic heterocycles. The zero-order valence-corrected chi connectivity index (χ0v) is 13.7. The molecule has 5 heteroatoms. The van der Waals surface area contributed by atoms with Crippen LogP contribution in [0.5, 0.6) is 0 Å². The van der Waals surface area contributed by atoms with Crippen molar-refractivity contribution in [1.29, 1.82) is 0 Å². The van der Waals surface area contributed by atoms with Gasteiger partial charge in [-0.2, -0.15) is 0 Å². The summed E-state index contributed by atoms with van der Waals surface area (Å²) in [7, 11) is 1.82. The van der Waals surface area contributed by atoms with Gasteiger partial charge in [0.05, 0.1) is 0 Å². The molecule has 1 aromatic rings. The van der Waals surface area contributed by atoms with Crippen molar-refractivity contribution in [1.82, 2.24) is 10.2 Å². The second-order valence-corrected chi connectivity index (χ2v) is 6.63. The van der Waals surface area contributed by atoms with Gasteiger partial charge in [-0.3, -0.25) is 9.59 Å². The van der Waals surface area contributed by atoms with E-state index < -0.39 is 0 Å². The van der Waals surface area contributed by atoms with Gasteiger partial charge in [-0.05, 0) is 62.4 Å². The summed E-state index contributed by atoms with van der Waals surface area (Å²) < 4.78 is 0. The standard InChI is InChI=1S/C18H25N3O2/c1-21-11-8-14-3-4-15(12-16(14)18(21)23)20-17(22)5-2-13-6-9-19-10-7-13/h3-4,12-13,19H,2,5-11H2,1H3,(H,20,22). The van der Waals surface area contributed by atoms with Crippen LogP contribution in [0.25, 0.3) is 0 Å². The minimum absolute atomic E-state index is 0.0389. The largest absolute Gasteiger partial charge is 0.341 e. The van der Waals surface area contributed by atoms with Crippen LogP contribution in [0.1, 0.15) is 41.6 Å². The number of fused-ring (bicyclic) bond motifs is 1. The van der Waals surface area contributed by atoms with Crippen LogP contribution in [0.15, 0.2) is 18.2 Å². The van der Waals surface area contributed by atoms with Gasteiger partial charge in [-0.15, -0.1) is 0 Å². The van der Waals surface area contributed by atoms with Gasteiger partial charge in [0, 0.05) is 31.3 Å². The number of likely N-dealkylation sites (N-methyl/N-ethyl adjacent to an activating group) is 1. The highest BCUT2D eigenvalue weighted by atomic mass is 16.2. The first kappa shape index (κ1) is 16.0. The van der Waals surface area contributed by atoms with Gasteiger partial charge in [0.1, 0.15) is 0 Å². The van der Waals surface area contributed by atoms with E-state index in [1.165, 1.54) is 0 Å². The Labute approximate surface area is 137 Å². The van der Waals surface area contributed by atoms with Gasteiger partial charge in [0.25, 0.3) is 5.91 Å². The van der Waals surface area contributed by atoms with Gasteiger partial charge >= 0.3 is 0 Å². The first-order chi connectivity index (χ1) is 11.1. The van der Waals surface area contributed by atoms with Crippen LogP contribution in [0.2, 0.25) is 0 Å². The Morgan fingerprint density at radius 1 is 1.35 bits per heavy atom. The molecule has 0 saturated carbocycles. The summed E-state index contributed by atoms with van der Waals surface area (Å²) in [5.41, 5.74) is 2.51. The molecule has 1 aromatic carbocycles. The van der Waals surface area contributed by atoms with Crippen molar-refractivity contribution in [2.24, 2.45) is 5.92 Å². The smallest absolute Gasteiger partial charge is 0.253 e. The summed E-state index contributed by atoms with van der Waals surface area (Å²) in [5.74, 6) is 0.734. The number of carbonyl (C=O) groups excluding carboxylic acids is 2. The molecular formula is C18H25N3O2. The van der Waals surface area contributed by atoms with E-state index in [2.05, 4.69) is 10.6 Å². The Kier molecular flexibility index (Phi) is 4.96. The van der Waals surface area contributed by atoms with Crippen molar-refractivity contribution in [3.05, 3.63) is 29.3 Å². The summed E-state index contributed by atoms with van der Waals surface area (Å²) in [4.78, 5) is 26.1. The number of carbonyl (C=O) groups is 2. The van der Waals surface area contributed by atoms with Gasteiger partial charge in [-0.1, -0.05) is 6.07 Å². The van der Waals surface area contributed by atoms with Crippen molar-refractivity contribution >= 4 is 17.5 Å². The molecule has 23 heavy (non-hydrogen) atoms. The Bertz CT molecular complexity index is 594. The van der Waals surface area contributed by atoms with E-state index >= 15 is 0 Å². The van der Waals surface area contributed by atoms with Gasteiger partial charge in [0.15, 0.2) is 0 Å². The average Bonchev–Trinajstić information content (AvgIpc) is 2.58. The van der Waals surface area contributed by atoms with Crippen molar-refractivity contribution in [2.45, 2.75) is 32.1 Å². The Hall–Kier alpha value is -1.88. The van der Waals surface area contributed by atoms with Crippen LogP contribution in [0.3, 0.4) is 0 Å². The first-order valence-electron chi connectivity index (χ1n) is 8.52. The maximum Gasteiger partial charge on any atom is 0.253 e. The number of amides is 2. The lowest BCUT2D eigenvalue weighted by molar-refractivity contribution is -0.116. The average molecular weight is 315 g/mol. The lowest BCUT2D eigenvalue weighted by Crippen LogP contribution is -2.34.